The van der Waals surface area contributed by atoms with Gasteiger partial charge in [-0.05, 0) is 18.6 Å². The number of carbonyl (C=O) groups is 2. The fourth-order valence-electron chi connectivity index (χ4n) is 2.97. The first-order chi connectivity index (χ1) is 12.4. The normalized spacial score (nSPS) is 16.3. The summed E-state index contributed by atoms with van der Waals surface area (Å²) in [6, 6.07) is 11.6. The van der Waals surface area contributed by atoms with Crippen molar-refractivity contribution < 1.29 is 24.5 Å². The van der Waals surface area contributed by atoms with Crippen LogP contribution in [0.5, 0.6) is 5.75 Å². The maximum atomic E-state index is 12.9. The third-order valence-electron chi connectivity index (χ3n) is 4.53. The molecule has 1 aliphatic heterocycles. The van der Waals surface area contributed by atoms with E-state index in [1.54, 1.807) is 4.90 Å². The Morgan fingerprint density at radius 1 is 1.23 bits per heavy atom. The lowest BCUT2D eigenvalue weighted by Crippen LogP contribution is -2.50. The maximum absolute atomic E-state index is 12.9. The Bertz CT molecular complexity index is 794. The Kier molecular flexibility index (Phi) is 5.29. The van der Waals surface area contributed by atoms with Crippen molar-refractivity contribution >= 4 is 23.2 Å². The number of benzene rings is 1. The molecule has 0 unspecified atom stereocenters. The van der Waals surface area contributed by atoms with Crippen molar-refractivity contribution in [1.82, 2.24) is 4.90 Å². The number of carboxylic acid groups (broad SMARTS) is 1. The summed E-state index contributed by atoms with van der Waals surface area (Å²) in [6.45, 7) is 2.71. The first-order valence-electron chi connectivity index (χ1n) is 8.51. The van der Waals surface area contributed by atoms with Crippen molar-refractivity contribution in [2.75, 3.05) is 19.7 Å². The Labute approximate surface area is 155 Å². The van der Waals surface area contributed by atoms with Crippen LogP contribution in [0.15, 0.2) is 36.4 Å². The molecule has 0 bridgehead atoms. The number of thiophene rings is 1. The number of amides is 1. The molecule has 26 heavy (non-hydrogen) atoms. The lowest BCUT2D eigenvalue weighted by molar-refractivity contribution is -0.162. The third-order valence-corrected chi connectivity index (χ3v) is 5.68. The van der Waals surface area contributed by atoms with Crippen LogP contribution >= 0.6 is 11.3 Å². The predicted molar refractivity (Wildman–Crippen MR) is 98.6 cm³/mol. The Hall–Kier alpha value is -2.38. The van der Waals surface area contributed by atoms with E-state index in [4.69, 9.17) is 9.84 Å². The molecular formula is C19H21NO5S. The van der Waals surface area contributed by atoms with Crippen LogP contribution in [0, 0.1) is 0 Å². The minimum atomic E-state index is -1.75. The quantitative estimate of drug-likeness (QED) is 0.839. The van der Waals surface area contributed by atoms with E-state index in [9.17, 15) is 14.7 Å². The van der Waals surface area contributed by atoms with Gasteiger partial charge in [-0.25, -0.2) is 4.79 Å². The molecule has 7 heteroatoms. The van der Waals surface area contributed by atoms with E-state index in [-0.39, 0.29) is 31.8 Å². The van der Waals surface area contributed by atoms with Gasteiger partial charge in [0.2, 0.25) is 0 Å². The van der Waals surface area contributed by atoms with Crippen LogP contribution in [-0.4, -0.2) is 52.3 Å². The van der Waals surface area contributed by atoms with E-state index >= 15 is 0 Å². The van der Waals surface area contributed by atoms with Crippen molar-refractivity contribution in [2.24, 2.45) is 0 Å². The number of rotatable bonds is 5. The van der Waals surface area contributed by atoms with Crippen molar-refractivity contribution in [3.05, 3.63) is 41.3 Å². The molecule has 2 N–H and O–H groups in total. The first-order valence-corrected chi connectivity index (χ1v) is 9.33. The zero-order valence-electron chi connectivity index (χ0n) is 14.5. The first kappa shape index (κ1) is 18.4. The summed E-state index contributed by atoms with van der Waals surface area (Å²) < 4.78 is 5.65. The fraction of sp³-hybridized carbons (Fsp3) is 0.368. The minimum Gasteiger partial charge on any atom is -0.492 e. The molecule has 1 aromatic carbocycles. The van der Waals surface area contributed by atoms with Crippen LogP contribution in [0.3, 0.4) is 0 Å². The second-order valence-electron chi connectivity index (χ2n) is 6.23. The smallest absolute Gasteiger partial charge is 0.335 e. The van der Waals surface area contributed by atoms with E-state index in [2.05, 4.69) is 0 Å². The summed E-state index contributed by atoms with van der Waals surface area (Å²) in [5, 5.41) is 19.2. The molecule has 0 atom stereocenters. The van der Waals surface area contributed by atoms with Gasteiger partial charge in [0.05, 0.1) is 6.61 Å². The van der Waals surface area contributed by atoms with E-state index in [0.717, 1.165) is 10.4 Å². The lowest BCUT2D eigenvalue weighted by atomic mass is 9.91. The highest BCUT2D eigenvalue weighted by Crippen LogP contribution is 2.38. The van der Waals surface area contributed by atoms with Gasteiger partial charge < -0.3 is 19.8 Å². The van der Waals surface area contributed by atoms with Gasteiger partial charge in [0.25, 0.3) is 5.91 Å². The van der Waals surface area contributed by atoms with E-state index in [1.807, 2.05) is 43.3 Å². The fourth-order valence-corrected chi connectivity index (χ4v) is 4.04. The van der Waals surface area contributed by atoms with Gasteiger partial charge in [0.15, 0.2) is 5.60 Å². The number of nitrogens with zero attached hydrogens (tertiary/aromatic N) is 1. The van der Waals surface area contributed by atoms with Crippen LogP contribution < -0.4 is 4.74 Å². The summed E-state index contributed by atoms with van der Waals surface area (Å²) in [7, 11) is 0. The SMILES string of the molecule is CCOc1cc(-c2ccccc2)sc1C(=O)N1CCC(O)(C(=O)O)CC1. The summed E-state index contributed by atoms with van der Waals surface area (Å²) in [6.07, 6.45) is 0.0456. The van der Waals surface area contributed by atoms with Crippen LogP contribution in [0.1, 0.15) is 29.4 Å². The van der Waals surface area contributed by atoms with Gasteiger partial charge in [-0.15, -0.1) is 11.3 Å². The van der Waals surface area contributed by atoms with Crippen LogP contribution in [0.4, 0.5) is 0 Å². The standard InChI is InChI=1S/C19H21NO5S/c1-2-25-14-12-15(13-6-4-3-5-7-13)26-16(14)17(21)20-10-8-19(24,9-11-20)18(22)23/h3-7,12,24H,2,8-11H2,1H3,(H,22,23). The molecule has 2 heterocycles. The predicted octanol–water partition coefficient (Wildman–Crippen LogP) is 2.87. The molecule has 3 rings (SSSR count). The van der Waals surface area contributed by atoms with Gasteiger partial charge in [-0.1, -0.05) is 30.3 Å². The molecular weight excluding hydrogens is 354 g/mol. The maximum Gasteiger partial charge on any atom is 0.335 e. The number of ether oxygens (including phenoxy) is 1. The molecule has 1 saturated heterocycles. The molecule has 2 aromatic rings. The van der Waals surface area contributed by atoms with Crippen molar-refractivity contribution in [2.45, 2.75) is 25.4 Å². The zero-order valence-corrected chi connectivity index (χ0v) is 15.3. The average Bonchev–Trinajstić information content (AvgIpc) is 3.07. The van der Waals surface area contributed by atoms with Crippen LogP contribution in [0.25, 0.3) is 10.4 Å². The average molecular weight is 375 g/mol. The summed E-state index contributed by atoms with van der Waals surface area (Å²) in [5.74, 6) is -0.879. The van der Waals surface area contributed by atoms with Gasteiger partial charge >= 0.3 is 5.97 Å². The molecule has 138 valence electrons. The second-order valence-corrected chi connectivity index (χ2v) is 7.28. The number of hydrogen-bond donors (Lipinski definition) is 2. The topological polar surface area (TPSA) is 87.1 Å². The number of aliphatic hydroxyl groups is 1. The summed E-state index contributed by atoms with van der Waals surface area (Å²) in [5.41, 5.74) is -0.735. The third kappa shape index (κ3) is 3.59. The van der Waals surface area contributed by atoms with E-state index in [1.165, 1.54) is 11.3 Å². The Balaban J connectivity index is 1.83. The van der Waals surface area contributed by atoms with Gasteiger partial charge in [-0.2, -0.15) is 0 Å². The number of carboxylic acids is 1. The molecule has 0 spiro atoms. The van der Waals surface area contributed by atoms with Crippen LogP contribution in [0.2, 0.25) is 0 Å². The Morgan fingerprint density at radius 3 is 2.46 bits per heavy atom. The molecule has 0 aliphatic carbocycles. The molecule has 1 aromatic heterocycles. The molecule has 1 fully saturated rings. The molecule has 0 saturated carbocycles. The lowest BCUT2D eigenvalue weighted by Gasteiger charge is -2.35. The number of piperidine rings is 1. The Morgan fingerprint density at radius 2 is 1.88 bits per heavy atom. The zero-order chi connectivity index (χ0) is 18.7. The number of hydrogen-bond acceptors (Lipinski definition) is 5. The molecule has 6 nitrogen and oxygen atoms in total. The van der Waals surface area contributed by atoms with E-state index in [0.29, 0.717) is 17.2 Å². The largest absolute Gasteiger partial charge is 0.492 e. The van der Waals surface area contributed by atoms with Crippen LogP contribution in [-0.2, 0) is 4.79 Å². The molecule has 1 amide bonds. The number of carbonyl (C=O) groups excluding carboxylic acids is 1. The summed E-state index contributed by atoms with van der Waals surface area (Å²) >= 11 is 1.37. The monoisotopic (exact) mass is 375 g/mol. The van der Waals surface area contributed by atoms with Crippen molar-refractivity contribution in [1.29, 1.82) is 0 Å². The van der Waals surface area contributed by atoms with E-state index < -0.39 is 11.6 Å². The highest BCUT2D eigenvalue weighted by atomic mass is 32.1. The van der Waals surface area contributed by atoms with Gasteiger partial charge in [-0.3, -0.25) is 4.79 Å². The van der Waals surface area contributed by atoms with Crippen molar-refractivity contribution in [3.8, 4) is 16.2 Å². The highest BCUT2D eigenvalue weighted by Gasteiger charge is 2.41. The number of aliphatic carboxylic acids is 1. The highest BCUT2D eigenvalue weighted by molar-refractivity contribution is 7.17. The number of likely N-dealkylation sites (tertiary alicyclic amines) is 1. The second kappa shape index (κ2) is 7.47. The van der Waals surface area contributed by atoms with Crippen molar-refractivity contribution in [3.63, 3.8) is 0 Å². The summed E-state index contributed by atoms with van der Waals surface area (Å²) in [4.78, 5) is 27.1. The van der Waals surface area contributed by atoms with Gasteiger partial charge in [0.1, 0.15) is 10.6 Å². The van der Waals surface area contributed by atoms with Gasteiger partial charge in [0, 0.05) is 30.8 Å². The molecule has 1 aliphatic rings. The minimum absolute atomic E-state index is 0.0228. The molecule has 0 radical (unpaired) electrons.